The van der Waals surface area contributed by atoms with Gasteiger partial charge in [-0.1, -0.05) is 0 Å². The van der Waals surface area contributed by atoms with Crippen LogP contribution in [0.25, 0.3) is 0 Å². The lowest BCUT2D eigenvalue weighted by Gasteiger charge is -2.05. The number of carbonyl (C=O) groups excluding carboxylic acids is 1. The number of nitrogens with two attached hydrogens (primary N) is 1. The zero-order chi connectivity index (χ0) is 13.5. The van der Waals surface area contributed by atoms with E-state index < -0.39 is 12.1 Å². The van der Waals surface area contributed by atoms with Crippen LogP contribution in [0.2, 0.25) is 0 Å². The van der Waals surface area contributed by atoms with Crippen molar-refractivity contribution in [3.63, 3.8) is 0 Å². The number of hydrogen-bond acceptors (Lipinski definition) is 6. The number of nitrogens with one attached hydrogen (secondary N) is 1. The molecule has 18 heavy (non-hydrogen) atoms. The summed E-state index contributed by atoms with van der Waals surface area (Å²) in [5.74, 6) is -1.68. The van der Waals surface area contributed by atoms with Crippen molar-refractivity contribution in [2.75, 3.05) is 13.1 Å². The van der Waals surface area contributed by atoms with Gasteiger partial charge in [-0.15, -0.1) is 11.3 Å². The predicted octanol–water partition coefficient (Wildman–Crippen LogP) is -0.790. The summed E-state index contributed by atoms with van der Waals surface area (Å²) < 4.78 is 0. The smallest absolute Gasteiger partial charge is 0.332 e. The van der Waals surface area contributed by atoms with Crippen LogP contribution in [0.15, 0.2) is 5.38 Å². The van der Waals surface area contributed by atoms with Gasteiger partial charge >= 0.3 is 5.97 Å². The molecule has 0 bridgehead atoms. The number of aliphatic hydroxyl groups is 1. The molecule has 1 aromatic heterocycles. The van der Waals surface area contributed by atoms with E-state index in [1.54, 1.807) is 5.38 Å². The van der Waals surface area contributed by atoms with Gasteiger partial charge in [0.2, 0.25) is 0 Å². The van der Waals surface area contributed by atoms with E-state index >= 15 is 0 Å². The Morgan fingerprint density at radius 2 is 2.28 bits per heavy atom. The van der Waals surface area contributed by atoms with E-state index in [1.165, 1.54) is 11.3 Å². The number of carboxylic acids is 1. The van der Waals surface area contributed by atoms with Gasteiger partial charge in [0.05, 0.1) is 5.01 Å². The largest absolute Gasteiger partial charge is 0.479 e. The van der Waals surface area contributed by atoms with Gasteiger partial charge in [-0.2, -0.15) is 0 Å². The number of hydrogen-bond donors (Lipinski definition) is 4. The maximum Gasteiger partial charge on any atom is 0.332 e. The Balaban J connectivity index is 2.38. The molecule has 0 saturated carbocycles. The number of rotatable bonds is 7. The molecule has 7 nitrogen and oxygen atoms in total. The zero-order valence-corrected chi connectivity index (χ0v) is 10.4. The van der Waals surface area contributed by atoms with E-state index in [9.17, 15) is 9.59 Å². The molecule has 0 aliphatic carbocycles. The van der Waals surface area contributed by atoms with Gasteiger partial charge in [-0.25, -0.2) is 9.78 Å². The van der Waals surface area contributed by atoms with Crippen molar-refractivity contribution in [1.29, 1.82) is 0 Å². The lowest BCUT2D eigenvalue weighted by Crippen LogP contribution is -2.30. The maximum atomic E-state index is 11.6. The van der Waals surface area contributed by atoms with Crippen molar-refractivity contribution < 1.29 is 19.8 Å². The molecule has 100 valence electrons. The van der Waals surface area contributed by atoms with Gasteiger partial charge in [0, 0.05) is 24.8 Å². The molecule has 5 N–H and O–H groups in total. The van der Waals surface area contributed by atoms with Crippen molar-refractivity contribution in [2.45, 2.75) is 18.9 Å². The first-order valence-electron chi connectivity index (χ1n) is 5.38. The number of thiazole rings is 1. The third-order valence-electron chi connectivity index (χ3n) is 2.13. The molecule has 0 aliphatic rings. The number of aliphatic hydroxyl groups excluding tert-OH is 1. The van der Waals surface area contributed by atoms with Crippen molar-refractivity contribution in [3.8, 4) is 0 Å². The molecule has 1 amide bonds. The SMILES string of the molecule is NCCc1nc(C(=O)NCC[C@H](O)C(=O)O)cs1. The third-order valence-corrected chi connectivity index (χ3v) is 3.04. The minimum Gasteiger partial charge on any atom is -0.479 e. The van der Waals surface area contributed by atoms with Gasteiger partial charge in [-0.05, 0) is 6.54 Å². The van der Waals surface area contributed by atoms with Gasteiger partial charge in [0.25, 0.3) is 5.91 Å². The molecule has 0 fully saturated rings. The fraction of sp³-hybridized carbons (Fsp3) is 0.500. The van der Waals surface area contributed by atoms with Crippen LogP contribution in [-0.4, -0.2) is 46.3 Å². The number of carbonyl (C=O) groups is 2. The van der Waals surface area contributed by atoms with Gasteiger partial charge in [0.15, 0.2) is 6.10 Å². The molecule has 0 spiro atoms. The molecule has 1 heterocycles. The molecule has 0 unspecified atom stereocenters. The van der Waals surface area contributed by atoms with Crippen LogP contribution in [0, 0.1) is 0 Å². The van der Waals surface area contributed by atoms with E-state index in [0.29, 0.717) is 13.0 Å². The summed E-state index contributed by atoms with van der Waals surface area (Å²) in [5, 5.41) is 22.3. The predicted molar refractivity (Wildman–Crippen MR) is 65.5 cm³/mol. The average molecular weight is 273 g/mol. The number of carboxylic acid groups (broad SMARTS) is 1. The van der Waals surface area contributed by atoms with Gasteiger partial charge in [-0.3, -0.25) is 4.79 Å². The van der Waals surface area contributed by atoms with Crippen molar-refractivity contribution in [2.24, 2.45) is 5.73 Å². The van der Waals surface area contributed by atoms with E-state index in [0.717, 1.165) is 5.01 Å². The Morgan fingerprint density at radius 1 is 1.56 bits per heavy atom. The number of amides is 1. The molecular formula is C10H15N3O4S. The topological polar surface area (TPSA) is 126 Å². The summed E-state index contributed by atoms with van der Waals surface area (Å²) >= 11 is 1.35. The van der Waals surface area contributed by atoms with Crippen LogP contribution in [-0.2, 0) is 11.2 Å². The number of aromatic nitrogens is 1. The second kappa shape index (κ2) is 7.04. The third kappa shape index (κ3) is 4.40. The Bertz CT molecular complexity index is 421. The van der Waals surface area contributed by atoms with E-state index in [2.05, 4.69) is 10.3 Å². The lowest BCUT2D eigenvalue weighted by molar-refractivity contribution is -0.146. The van der Waals surface area contributed by atoms with E-state index in [-0.39, 0.29) is 24.6 Å². The molecule has 0 aromatic carbocycles. The van der Waals surface area contributed by atoms with Crippen LogP contribution in [0.4, 0.5) is 0 Å². The van der Waals surface area contributed by atoms with E-state index in [1.807, 2.05) is 0 Å². The highest BCUT2D eigenvalue weighted by Crippen LogP contribution is 2.09. The van der Waals surface area contributed by atoms with Crippen LogP contribution in [0.1, 0.15) is 21.9 Å². The highest BCUT2D eigenvalue weighted by atomic mass is 32.1. The second-order valence-corrected chi connectivity index (χ2v) is 4.51. The quantitative estimate of drug-likeness (QED) is 0.516. The summed E-state index contributed by atoms with van der Waals surface area (Å²) in [5.41, 5.74) is 5.66. The Hall–Kier alpha value is -1.51. The van der Waals surface area contributed by atoms with Crippen molar-refractivity contribution >= 4 is 23.2 Å². The monoisotopic (exact) mass is 273 g/mol. The summed E-state index contributed by atoms with van der Waals surface area (Å²) in [6.07, 6.45) is -0.884. The molecule has 8 heteroatoms. The van der Waals surface area contributed by atoms with Crippen LogP contribution in [0.5, 0.6) is 0 Å². The summed E-state index contributed by atoms with van der Waals surface area (Å²) in [4.78, 5) is 26.0. The Kier molecular flexibility index (Phi) is 5.69. The first-order valence-corrected chi connectivity index (χ1v) is 6.26. The van der Waals surface area contributed by atoms with Crippen LogP contribution in [0.3, 0.4) is 0 Å². The standard InChI is InChI=1S/C10H15N3O4S/c11-3-1-8-13-6(5-18-8)9(15)12-4-2-7(14)10(16)17/h5,7,14H,1-4,11H2,(H,12,15)(H,16,17)/t7-/m0/s1. The number of nitrogens with zero attached hydrogens (tertiary/aromatic N) is 1. The van der Waals surface area contributed by atoms with E-state index in [4.69, 9.17) is 15.9 Å². The minimum atomic E-state index is -1.46. The van der Waals surface area contributed by atoms with Crippen LogP contribution >= 0.6 is 11.3 Å². The summed E-state index contributed by atoms with van der Waals surface area (Å²) in [7, 11) is 0. The fourth-order valence-electron chi connectivity index (χ4n) is 1.19. The van der Waals surface area contributed by atoms with Crippen LogP contribution < -0.4 is 11.1 Å². The first kappa shape index (κ1) is 14.6. The molecule has 1 rings (SSSR count). The molecule has 1 atom stereocenters. The normalized spacial score (nSPS) is 12.1. The zero-order valence-electron chi connectivity index (χ0n) is 9.63. The first-order chi connectivity index (χ1) is 8.54. The van der Waals surface area contributed by atoms with Gasteiger partial charge < -0.3 is 21.3 Å². The average Bonchev–Trinajstić information content (AvgIpc) is 2.77. The molecular weight excluding hydrogens is 258 g/mol. The summed E-state index contributed by atoms with van der Waals surface area (Å²) in [6.45, 7) is 0.551. The maximum absolute atomic E-state index is 11.6. The highest BCUT2D eigenvalue weighted by Gasteiger charge is 2.14. The lowest BCUT2D eigenvalue weighted by atomic mass is 10.2. The van der Waals surface area contributed by atoms with Crippen molar-refractivity contribution in [3.05, 3.63) is 16.1 Å². The molecule has 1 aromatic rings. The Morgan fingerprint density at radius 3 is 2.89 bits per heavy atom. The molecule has 0 radical (unpaired) electrons. The fourth-order valence-corrected chi connectivity index (χ4v) is 1.98. The van der Waals surface area contributed by atoms with Gasteiger partial charge in [0.1, 0.15) is 5.69 Å². The second-order valence-electron chi connectivity index (χ2n) is 3.56. The summed E-state index contributed by atoms with van der Waals surface area (Å²) in [6, 6.07) is 0. The molecule has 0 aliphatic heterocycles. The van der Waals surface area contributed by atoms with Crippen molar-refractivity contribution in [1.82, 2.24) is 10.3 Å². The number of aliphatic carboxylic acids is 1. The highest BCUT2D eigenvalue weighted by molar-refractivity contribution is 7.09. The Labute approximate surface area is 108 Å². The molecule has 0 saturated heterocycles. The minimum absolute atomic E-state index is 0.0408.